The number of benzene rings is 1. The summed E-state index contributed by atoms with van der Waals surface area (Å²) >= 11 is 3.17. The molecular weight excluding hydrogens is 276 g/mol. The number of alkyl halides is 1. The predicted octanol–water partition coefficient (Wildman–Crippen LogP) is 2.49. The number of aromatic carboxylic acids is 2. The molecule has 1 rings (SSSR count). The third-order valence-electron chi connectivity index (χ3n) is 1.92. The van der Waals surface area contributed by atoms with Crippen LogP contribution in [0.1, 0.15) is 26.3 Å². The lowest BCUT2D eigenvalue weighted by molar-refractivity contribution is 0.0681. The van der Waals surface area contributed by atoms with Crippen LogP contribution in [0.15, 0.2) is 24.3 Å². The number of halogens is 1. The molecule has 0 aliphatic rings. The Kier molecular flexibility index (Phi) is 4.25. The minimum absolute atomic E-state index is 0.0687. The summed E-state index contributed by atoms with van der Waals surface area (Å²) in [6.45, 7) is 0. The number of hydrogen-bond acceptors (Lipinski definition) is 2. The first-order chi connectivity index (χ1) is 7.56. The van der Waals surface area contributed by atoms with Crippen molar-refractivity contribution in [3.63, 3.8) is 0 Å². The van der Waals surface area contributed by atoms with Crippen LogP contribution in [-0.2, 0) is 0 Å². The third-order valence-corrected chi connectivity index (χ3v) is 2.29. The molecule has 0 aromatic heterocycles. The maximum Gasteiger partial charge on any atom is 0.336 e. The van der Waals surface area contributed by atoms with E-state index in [9.17, 15) is 9.59 Å². The van der Waals surface area contributed by atoms with Gasteiger partial charge in [-0.3, -0.25) is 0 Å². The zero-order valence-corrected chi connectivity index (χ0v) is 9.77. The van der Waals surface area contributed by atoms with Crippen molar-refractivity contribution in [1.82, 2.24) is 0 Å². The lowest BCUT2D eigenvalue weighted by Gasteiger charge is -2.02. The van der Waals surface area contributed by atoms with E-state index in [0.717, 1.165) is 0 Å². The van der Waals surface area contributed by atoms with E-state index in [4.69, 9.17) is 10.2 Å². The molecule has 0 saturated heterocycles. The molecule has 1 aromatic rings. The van der Waals surface area contributed by atoms with Crippen LogP contribution < -0.4 is 0 Å². The van der Waals surface area contributed by atoms with Crippen LogP contribution in [0.2, 0.25) is 0 Å². The molecule has 0 bridgehead atoms. The van der Waals surface area contributed by atoms with E-state index < -0.39 is 11.9 Å². The fraction of sp³-hybridized carbons (Fsp3) is 0.0909. The molecule has 0 saturated carbocycles. The molecule has 1 aromatic carbocycles. The number of carboxylic acids is 2. The zero-order valence-electron chi connectivity index (χ0n) is 8.18. The Balaban J connectivity index is 3.26. The van der Waals surface area contributed by atoms with E-state index >= 15 is 0 Å². The van der Waals surface area contributed by atoms with Crippen LogP contribution in [0, 0.1) is 0 Å². The first-order valence-electron chi connectivity index (χ1n) is 4.39. The maximum absolute atomic E-state index is 10.9. The lowest BCUT2D eigenvalue weighted by atomic mass is 10.0. The summed E-state index contributed by atoms with van der Waals surface area (Å²) in [5, 5.41) is 18.3. The largest absolute Gasteiger partial charge is 0.478 e. The molecule has 5 heteroatoms. The van der Waals surface area contributed by atoms with Gasteiger partial charge >= 0.3 is 11.9 Å². The number of allylic oxidation sites excluding steroid dienone is 1. The molecule has 0 amide bonds. The Morgan fingerprint density at radius 3 is 2.44 bits per heavy atom. The van der Waals surface area contributed by atoms with E-state index in [0.29, 0.717) is 10.9 Å². The third kappa shape index (κ3) is 2.93. The standard InChI is InChI=1S/C11H9BrO4/c12-5-1-2-7-6-8(10(13)14)3-4-9(7)11(15)16/h1-4,6H,5H2,(H,13,14)(H,15,16). The molecule has 0 spiro atoms. The fourth-order valence-electron chi connectivity index (χ4n) is 1.20. The van der Waals surface area contributed by atoms with Crippen molar-refractivity contribution >= 4 is 33.9 Å². The summed E-state index contributed by atoms with van der Waals surface area (Å²) in [6.07, 6.45) is 3.28. The SMILES string of the molecule is O=C(O)c1ccc(C(=O)O)c(C=CCBr)c1. The van der Waals surface area contributed by atoms with Crippen LogP contribution in [0.4, 0.5) is 0 Å². The Morgan fingerprint density at radius 1 is 1.25 bits per heavy atom. The monoisotopic (exact) mass is 284 g/mol. The van der Waals surface area contributed by atoms with Gasteiger partial charge in [-0.1, -0.05) is 28.1 Å². The van der Waals surface area contributed by atoms with Gasteiger partial charge in [0.25, 0.3) is 0 Å². The van der Waals surface area contributed by atoms with E-state index in [1.165, 1.54) is 18.2 Å². The molecule has 2 N–H and O–H groups in total. The molecule has 0 aliphatic carbocycles. The van der Waals surface area contributed by atoms with Gasteiger partial charge < -0.3 is 10.2 Å². The Bertz CT molecular complexity index is 451. The normalized spacial score (nSPS) is 10.6. The quantitative estimate of drug-likeness (QED) is 0.833. The number of carboxylic acid groups (broad SMARTS) is 2. The van der Waals surface area contributed by atoms with Crippen molar-refractivity contribution in [2.75, 3.05) is 5.33 Å². The van der Waals surface area contributed by atoms with Gasteiger partial charge in [-0.2, -0.15) is 0 Å². The van der Waals surface area contributed by atoms with Crippen molar-refractivity contribution in [2.24, 2.45) is 0 Å². The van der Waals surface area contributed by atoms with E-state index in [1.807, 2.05) is 0 Å². The van der Waals surface area contributed by atoms with Gasteiger partial charge in [0.05, 0.1) is 11.1 Å². The summed E-state index contributed by atoms with van der Waals surface area (Å²) in [6, 6.07) is 3.90. The molecule has 4 nitrogen and oxygen atoms in total. The van der Waals surface area contributed by atoms with Crippen LogP contribution in [0.3, 0.4) is 0 Å². The van der Waals surface area contributed by atoms with Gasteiger partial charge in [-0.25, -0.2) is 9.59 Å². The maximum atomic E-state index is 10.9. The molecule has 84 valence electrons. The molecule has 0 aliphatic heterocycles. The minimum atomic E-state index is -1.08. The molecule has 0 atom stereocenters. The summed E-state index contributed by atoms with van der Waals surface area (Å²) in [4.78, 5) is 21.6. The van der Waals surface area contributed by atoms with Crippen molar-refractivity contribution in [3.8, 4) is 0 Å². The van der Waals surface area contributed by atoms with Crippen LogP contribution in [0.5, 0.6) is 0 Å². The Labute approximate surface area is 100 Å². The number of hydrogen-bond donors (Lipinski definition) is 2. The summed E-state index contributed by atoms with van der Waals surface area (Å²) in [5.74, 6) is -2.16. The highest BCUT2D eigenvalue weighted by Crippen LogP contribution is 2.14. The average molecular weight is 285 g/mol. The Morgan fingerprint density at radius 2 is 1.94 bits per heavy atom. The van der Waals surface area contributed by atoms with Crippen LogP contribution in [0.25, 0.3) is 6.08 Å². The zero-order chi connectivity index (χ0) is 12.1. The summed E-state index contributed by atoms with van der Waals surface area (Å²) in [5.41, 5.74) is 0.535. The second-order valence-corrected chi connectivity index (χ2v) is 3.62. The Hall–Kier alpha value is -1.62. The highest BCUT2D eigenvalue weighted by molar-refractivity contribution is 9.09. The first-order valence-corrected chi connectivity index (χ1v) is 5.51. The van der Waals surface area contributed by atoms with Gasteiger partial charge in [0.1, 0.15) is 0 Å². The molecule has 0 radical (unpaired) electrons. The van der Waals surface area contributed by atoms with Crippen molar-refractivity contribution in [2.45, 2.75) is 0 Å². The van der Waals surface area contributed by atoms with Gasteiger partial charge in [0.2, 0.25) is 0 Å². The van der Waals surface area contributed by atoms with E-state index in [-0.39, 0.29) is 11.1 Å². The fourth-order valence-corrected chi connectivity index (χ4v) is 1.39. The molecule has 16 heavy (non-hydrogen) atoms. The molecular formula is C11H9BrO4. The summed E-state index contributed by atoms with van der Waals surface area (Å²) < 4.78 is 0. The van der Waals surface area contributed by atoms with Gasteiger partial charge in [0.15, 0.2) is 0 Å². The average Bonchev–Trinajstić information content (AvgIpc) is 2.25. The lowest BCUT2D eigenvalue weighted by Crippen LogP contribution is -2.03. The highest BCUT2D eigenvalue weighted by atomic mass is 79.9. The predicted molar refractivity (Wildman–Crippen MR) is 63.2 cm³/mol. The summed E-state index contributed by atoms with van der Waals surface area (Å²) in [7, 11) is 0. The van der Waals surface area contributed by atoms with Crippen molar-refractivity contribution in [3.05, 3.63) is 41.0 Å². The molecule has 0 heterocycles. The van der Waals surface area contributed by atoms with Crippen molar-refractivity contribution < 1.29 is 19.8 Å². The minimum Gasteiger partial charge on any atom is -0.478 e. The van der Waals surface area contributed by atoms with Crippen LogP contribution >= 0.6 is 15.9 Å². The topological polar surface area (TPSA) is 74.6 Å². The molecule has 0 unspecified atom stereocenters. The van der Waals surface area contributed by atoms with Crippen LogP contribution in [-0.4, -0.2) is 27.5 Å². The van der Waals surface area contributed by atoms with E-state index in [2.05, 4.69) is 15.9 Å². The van der Waals surface area contributed by atoms with Gasteiger partial charge in [0, 0.05) is 5.33 Å². The first kappa shape index (κ1) is 12.4. The number of carbonyl (C=O) groups is 2. The van der Waals surface area contributed by atoms with E-state index in [1.54, 1.807) is 12.2 Å². The second kappa shape index (κ2) is 5.46. The second-order valence-electron chi connectivity index (χ2n) is 2.97. The van der Waals surface area contributed by atoms with Crippen molar-refractivity contribution in [1.29, 1.82) is 0 Å². The number of rotatable bonds is 4. The smallest absolute Gasteiger partial charge is 0.336 e. The molecule has 0 fully saturated rings. The van der Waals surface area contributed by atoms with Gasteiger partial charge in [-0.05, 0) is 23.8 Å². The van der Waals surface area contributed by atoms with Gasteiger partial charge in [-0.15, -0.1) is 0 Å². The highest BCUT2D eigenvalue weighted by Gasteiger charge is 2.11.